The Morgan fingerprint density at radius 1 is 1.04 bits per heavy atom. The first-order chi connectivity index (χ1) is 12.0. The molecule has 0 spiro atoms. The van der Waals surface area contributed by atoms with E-state index < -0.39 is 0 Å². The number of ether oxygens (including phenoxy) is 5. The molecule has 25 heavy (non-hydrogen) atoms. The monoisotopic (exact) mass is 467 g/mol. The standard InChI is InChI=1S/C15H21IO5.C3H9N/c1-17-12-8-10(9-13(18-2)15(12)19-3)11-4-5-14(21-11)20-7-6-16;1-4(2)3/h8-9,11,14H,4-7H2,1-3H3;1-3H3. The summed E-state index contributed by atoms with van der Waals surface area (Å²) in [5.41, 5.74) is 1.02. The second-order valence-electron chi connectivity index (χ2n) is 5.99. The van der Waals surface area contributed by atoms with E-state index in [1.807, 2.05) is 38.2 Å². The molecule has 0 N–H and O–H groups in total. The fourth-order valence-electron chi connectivity index (χ4n) is 2.44. The van der Waals surface area contributed by atoms with Gasteiger partial charge in [-0.05, 0) is 45.3 Å². The summed E-state index contributed by atoms with van der Waals surface area (Å²) in [6.45, 7) is 0.715. The largest absolute Gasteiger partial charge is 0.493 e. The zero-order valence-electron chi connectivity index (χ0n) is 16.0. The van der Waals surface area contributed by atoms with Crippen molar-refractivity contribution in [2.75, 3.05) is 53.5 Å². The Kier molecular flexibility index (Phi) is 10.5. The van der Waals surface area contributed by atoms with Crippen LogP contribution in [0.1, 0.15) is 24.5 Å². The van der Waals surface area contributed by atoms with Gasteiger partial charge in [0.2, 0.25) is 5.75 Å². The molecule has 1 aromatic carbocycles. The van der Waals surface area contributed by atoms with Crippen molar-refractivity contribution in [2.45, 2.75) is 25.2 Å². The molecule has 0 saturated carbocycles. The van der Waals surface area contributed by atoms with Crippen LogP contribution in [0.4, 0.5) is 0 Å². The minimum atomic E-state index is -0.121. The van der Waals surface area contributed by atoms with Crippen molar-refractivity contribution < 1.29 is 23.7 Å². The lowest BCUT2D eigenvalue weighted by atomic mass is 10.1. The van der Waals surface area contributed by atoms with E-state index in [4.69, 9.17) is 23.7 Å². The highest BCUT2D eigenvalue weighted by Gasteiger charge is 2.28. The van der Waals surface area contributed by atoms with E-state index in [1.54, 1.807) is 21.3 Å². The molecule has 2 unspecified atom stereocenters. The molecule has 0 radical (unpaired) electrons. The van der Waals surface area contributed by atoms with E-state index in [0.29, 0.717) is 23.9 Å². The third-order valence-corrected chi connectivity index (χ3v) is 3.86. The average molecular weight is 467 g/mol. The van der Waals surface area contributed by atoms with Crippen molar-refractivity contribution in [3.63, 3.8) is 0 Å². The predicted octanol–water partition coefficient (Wildman–Crippen LogP) is 3.52. The topological polar surface area (TPSA) is 49.4 Å². The fourth-order valence-corrected chi connectivity index (χ4v) is 2.69. The Morgan fingerprint density at radius 2 is 1.60 bits per heavy atom. The van der Waals surface area contributed by atoms with Crippen LogP contribution < -0.4 is 14.2 Å². The van der Waals surface area contributed by atoms with Crippen molar-refractivity contribution in [1.29, 1.82) is 0 Å². The summed E-state index contributed by atoms with van der Waals surface area (Å²) in [5, 5.41) is 0. The quantitative estimate of drug-likeness (QED) is 0.452. The first-order valence-corrected chi connectivity index (χ1v) is 9.73. The lowest BCUT2D eigenvalue weighted by Crippen LogP contribution is -2.13. The Bertz CT molecular complexity index is 484. The maximum atomic E-state index is 5.94. The maximum absolute atomic E-state index is 5.94. The summed E-state index contributed by atoms with van der Waals surface area (Å²) in [6, 6.07) is 3.87. The molecule has 1 aliphatic rings. The van der Waals surface area contributed by atoms with E-state index in [9.17, 15) is 0 Å². The third-order valence-electron chi connectivity index (χ3n) is 3.42. The van der Waals surface area contributed by atoms with E-state index in [2.05, 4.69) is 22.6 Å². The summed E-state index contributed by atoms with van der Waals surface area (Å²) in [6.07, 6.45) is 1.70. The number of alkyl halides is 1. The molecule has 0 amide bonds. The lowest BCUT2D eigenvalue weighted by molar-refractivity contribution is -0.130. The Labute approximate surface area is 164 Å². The van der Waals surface area contributed by atoms with Crippen LogP contribution in [0, 0.1) is 0 Å². The van der Waals surface area contributed by atoms with Gasteiger partial charge in [0.15, 0.2) is 17.8 Å². The Balaban J connectivity index is 0.000000705. The van der Waals surface area contributed by atoms with Gasteiger partial charge in [-0.3, -0.25) is 0 Å². The molecule has 2 atom stereocenters. The molecule has 2 rings (SSSR count). The number of methoxy groups -OCH3 is 3. The molecule has 1 aromatic rings. The fraction of sp³-hybridized carbons (Fsp3) is 0.667. The minimum absolute atomic E-state index is 0.00193. The van der Waals surface area contributed by atoms with Crippen molar-refractivity contribution >= 4 is 22.6 Å². The lowest BCUT2D eigenvalue weighted by Gasteiger charge is -2.18. The van der Waals surface area contributed by atoms with Crippen LogP contribution in [0.5, 0.6) is 17.2 Å². The predicted molar refractivity (Wildman–Crippen MR) is 107 cm³/mol. The Morgan fingerprint density at radius 3 is 2.04 bits per heavy atom. The van der Waals surface area contributed by atoms with Crippen molar-refractivity contribution in [3.05, 3.63) is 17.7 Å². The summed E-state index contributed by atoms with van der Waals surface area (Å²) in [7, 11) is 10.8. The highest BCUT2D eigenvalue weighted by Crippen LogP contribution is 2.43. The van der Waals surface area contributed by atoms with Gasteiger partial charge in [0.05, 0.1) is 34.0 Å². The van der Waals surface area contributed by atoms with Crippen LogP contribution in [-0.4, -0.2) is 64.7 Å². The minimum Gasteiger partial charge on any atom is -0.493 e. The molecule has 1 saturated heterocycles. The van der Waals surface area contributed by atoms with Gasteiger partial charge in [0.25, 0.3) is 0 Å². The van der Waals surface area contributed by atoms with Crippen LogP contribution in [0.15, 0.2) is 12.1 Å². The van der Waals surface area contributed by atoms with Gasteiger partial charge in [-0.2, -0.15) is 0 Å². The Hall–Kier alpha value is -0.770. The second kappa shape index (κ2) is 11.8. The molecule has 0 aliphatic carbocycles. The van der Waals surface area contributed by atoms with Crippen molar-refractivity contribution in [1.82, 2.24) is 4.90 Å². The number of nitrogens with zero attached hydrogens (tertiary/aromatic N) is 1. The van der Waals surface area contributed by atoms with Crippen LogP contribution in [-0.2, 0) is 9.47 Å². The molecular weight excluding hydrogens is 437 g/mol. The summed E-state index contributed by atoms with van der Waals surface area (Å²) < 4.78 is 28.6. The van der Waals surface area contributed by atoms with Crippen molar-refractivity contribution in [3.8, 4) is 17.2 Å². The van der Waals surface area contributed by atoms with Crippen LogP contribution in [0.3, 0.4) is 0 Å². The zero-order chi connectivity index (χ0) is 18.8. The van der Waals surface area contributed by atoms with Crippen molar-refractivity contribution in [2.24, 2.45) is 0 Å². The van der Waals surface area contributed by atoms with E-state index >= 15 is 0 Å². The molecular formula is C18H30INO5. The number of hydrogen-bond acceptors (Lipinski definition) is 6. The molecule has 7 heteroatoms. The van der Waals surface area contributed by atoms with Gasteiger partial charge in [0.1, 0.15) is 0 Å². The summed E-state index contributed by atoms with van der Waals surface area (Å²) >= 11 is 2.29. The molecule has 0 bridgehead atoms. The molecule has 1 heterocycles. The molecule has 1 aliphatic heterocycles. The van der Waals surface area contributed by atoms with Gasteiger partial charge in [-0.25, -0.2) is 0 Å². The van der Waals surface area contributed by atoms with Gasteiger partial charge in [0, 0.05) is 10.8 Å². The van der Waals surface area contributed by atoms with E-state index in [0.717, 1.165) is 22.8 Å². The maximum Gasteiger partial charge on any atom is 0.203 e. The normalized spacial score (nSPS) is 19.4. The number of halogens is 1. The first kappa shape index (κ1) is 22.3. The smallest absolute Gasteiger partial charge is 0.203 e. The highest BCUT2D eigenvalue weighted by atomic mass is 127. The number of rotatable bonds is 7. The van der Waals surface area contributed by atoms with Gasteiger partial charge < -0.3 is 28.6 Å². The summed E-state index contributed by atoms with van der Waals surface area (Å²) in [5.74, 6) is 1.89. The first-order valence-electron chi connectivity index (χ1n) is 8.20. The molecule has 144 valence electrons. The van der Waals surface area contributed by atoms with Gasteiger partial charge in [-0.15, -0.1) is 0 Å². The average Bonchev–Trinajstić information content (AvgIpc) is 3.07. The van der Waals surface area contributed by atoms with Crippen LogP contribution in [0.25, 0.3) is 0 Å². The SMILES string of the molecule is CN(C)C.COc1cc(C2CCC(OCCI)O2)cc(OC)c1OC. The van der Waals surface area contributed by atoms with Crippen LogP contribution >= 0.6 is 22.6 Å². The van der Waals surface area contributed by atoms with Gasteiger partial charge >= 0.3 is 0 Å². The highest BCUT2D eigenvalue weighted by molar-refractivity contribution is 14.1. The molecule has 0 aromatic heterocycles. The van der Waals surface area contributed by atoms with E-state index in [1.165, 1.54) is 0 Å². The molecule has 6 nitrogen and oxygen atoms in total. The third kappa shape index (κ3) is 7.16. The number of benzene rings is 1. The second-order valence-corrected chi connectivity index (χ2v) is 7.07. The van der Waals surface area contributed by atoms with Crippen LogP contribution in [0.2, 0.25) is 0 Å². The van der Waals surface area contributed by atoms with E-state index in [-0.39, 0.29) is 12.4 Å². The van der Waals surface area contributed by atoms with Gasteiger partial charge in [-0.1, -0.05) is 22.6 Å². The zero-order valence-corrected chi connectivity index (χ0v) is 18.2. The molecule has 1 fully saturated rings. The summed E-state index contributed by atoms with van der Waals surface area (Å²) in [4.78, 5) is 2.00. The number of hydrogen-bond donors (Lipinski definition) is 0.